The van der Waals surface area contributed by atoms with Gasteiger partial charge in [0, 0.05) is 6.42 Å². The molecule has 4 fully saturated rings. The minimum absolute atomic E-state index is 0.104. The number of carbonyl (C=O) groups is 1. The van der Waals surface area contributed by atoms with E-state index >= 15 is 0 Å². The van der Waals surface area contributed by atoms with Crippen molar-refractivity contribution in [3.8, 4) is 0 Å². The molecule has 0 aromatic rings. The number of aliphatic hydroxyl groups excluding tert-OH is 2. The summed E-state index contributed by atoms with van der Waals surface area (Å²) in [6.45, 7) is 9.33. The van der Waals surface area contributed by atoms with Crippen LogP contribution in [0.15, 0.2) is 0 Å². The van der Waals surface area contributed by atoms with Gasteiger partial charge in [-0.2, -0.15) is 0 Å². The second-order valence-electron chi connectivity index (χ2n) is 11.7. The number of hydrogen-bond acceptors (Lipinski definition) is 4. The molecule has 0 aromatic heterocycles. The molecule has 4 nitrogen and oxygen atoms in total. The summed E-state index contributed by atoms with van der Waals surface area (Å²) in [5.74, 6) is 2.50. The SMILES string of the molecule is CCOC(=O)CC[C@H](C)C1CC[C@H]2C3[C@H](O)CC4CCCC[C@]4(C)[C@H]3C[C@H](O)[C@]12C. The highest BCUT2D eigenvalue weighted by molar-refractivity contribution is 5.69. The monoisotopic (exact) mass is 420 g/mol. The van der Waals surface area contributed by atoms with Gasteiger partial charge in [-0.1, -0.05) is 33.6 Å². The normalized spacial score (nSPS) is 48.9. The minimum atomic E-state index is -0.300. The first-order valence-electron chi connectivity index (χ1n) is 12.7. The summed E-state index contributed by atoms with van der Waals surface area (Å²) in [6.07, 6.45) is 9.94. The van der Waals surface area contributed by atoms with Crippen LogP contribution < -0.4 is 0 Å². The molecular formula is C26H44O4. The average Bonchev–Trinajstić information content (AvgIpc) is 3.06. The van der Waals surface area contributed by atoms with E-state index in [2.05, 4.69) is 20.8 Å². The van der Waals surface area contributed by atoms with Crippen molar-refractivity contribution in [1.82, 2.24) is 0 Å². The van der Waals surface area contributed by atoms with Gasteiger partial charge in [-0.25, -0.2) is 0 Å². The largest absolute Gasteiger partial charge is 0.466 e. The number of hydrogen-bond donors (Lipinski definition) is 2. The fraction of sp³-hybridized carbons (Fsp3) is 0.962. The molecule has 0 radical (unpaired) electrons. The van der Waals surface area contributed by atoms with Gasteiger partial charge in [-0.3, -0.25) is 4.79 Å². The fourth-order valence-electron chi connectivity index (χ4n) is 8.97. The quantitative estimate of drug-likeness (QED) is 0.617. The Balaban J connectivity index is 1.54. The Morgan fingerprint density at radius 2 is 1.87 bits per heavy atom. The van der Waals surface area contributed by atoms with Gasteiger partial charge in [0.15, 0.2) is 0 Å². The molecule has 30 heavy (non-hydrogen) atoms. The summed E-state index contributed by atoms with van der Waals surface area (Å²) < 4.78 is 5.13. The maximum atomic E-state index is 11.9. The van der Waals surface area contributed by atoms with Gasteiger partial charge in [0.05, 0.1) is 18.8 Å². The molecule has 3 unspecified atom stereocenters. The summed E-state index contributed by atoms with van der Waals surface area (Å²) in [4.78, 5) is 11.9. The predicted molar refractivity (Wildman–Crippen MR) is 118 cm³/mol. The molecule has 4 saturated carbocycles. The van der Waals surface area contributed by atoms with E-state index in [4.69, 9.17) is 4.74 Å². The Morgan fingerprint density at radius 3 is 2.60 bits per heavy atom. The minimum Gasteiger partial charge on any atom is -0.466 e. The van der Waals surface area contributed by atoms with Gasteiger partial charge < -0.3 is 14.9 Å². The van der Waals surface area contributed by atoms with Crippen LogP contribution in [0.2, 0.25) is 0 Å². The second kappa shape index (κ2) is 8.39. The highest BCUT2D eigenvalue weighted by Gasteiger charge is 2.65. The van der Waals surface area contributed by atoms with E-state index in [1.807, 2.05) is 6.92 Å². The van der Waals surface area contributed by atoms with E-state index in [0.717, 1.165) is 32.1 Å². The molecule has 0 saturated heterocycles. The summed E-state index contributed by atoms with van der Waals surface area (Å²) in [6, 6.07) is 0. The van der Waals surface area contributed by atoms with Gasteiger partial charge in [-0.05, 0) is 98.2 Å². The molecule has 0 bridgehead atoms. The van der Waals surface area contributed by atoms with Crippen LogP contribution in [-0.4, -0.2) is 35.0 Å². The number of rotatable bonds is 5. The van der Waals surface area contributed by atoms with Crippen molar-refractivity contribution < 1.29 is 19.7 Å². The van der Waals surface area contributed by atoms with E-state index in [1.165, 1.54) is 25.7 Å². The van der Waals surface area contributed by atoms with Crippen LogP contribution in [-0.2, 0) is 9.53 Å². The van der Waals surface area contributed by atoms with Crippen LogP contribution in [0, 0.1) is 46.3 Å². The molecule has 10 atom stereocenters. The van der Waals surface area contributed by atoms with Gasteiger partial charge in [0.1, 0.15) is 0 Å². The zero-order chi connectivity index (χ0) is 21.7. The van der Waals surface area contributed by atoms with Crippen molar-refractivity contribution in [2.45, 2.75) is 104 Å². The topological polar surface area (TPSA) is 66.8 Å². The van der Waals surface area contributed by atoms with Crippen LogP contribution >= 0.6 is 0 Å². The second-order valence-corrected chi connectivity index (χ2v) is 11.7. The van der Waals surface area contributed by atoms with Crippen molar-refractivity contribution in [2.24, 2.45) is 46.3 Å². The summed E-state index contributed by atoms with van der Waals surface area (Å²) in [5.41, 5.74) is 0.145. The lowest BCUT2D eigenvalue weighted by atomic mass is 9.43. The third kappa shape index (κ3) is 3.45. The molecule has 4 heteroatoms. The van der Waals surface area contributed by atoms with Crippen LogP contribution in [0.1, 0.15) is 91.9 Å². The van der Waals surface area contributed by atoms with Crippen molar-refractivity contribution >= 4 is 5.97 Å². The molecular weight excluding hydrogens is 376 g/mol. The molecule has 0 heterocycles. The van der Waals surface area contributed by atoms with E-state index in [9.17, 15) is 15.0 Å². The van der Waals surface area contributed by atoms with E-state index < -0.39 is 0 Å². The third-order valence-electron chi connectivity index (χ3n) is 10.6. The van der Waals surface area contributed by atoms with Crippen molar-refractivity contribution in [2.75, 3.05) is 6.61 Å². The molecule has 0 aromatic carbocycles. The standard InChI is InChI=1S/C26H44O4/c1-5-30-23(29)12-9-16(2)18-10-11-19-24-20(15-22(28)26(18,19)4)25(3)13-7-6-8-17(25)14-21(24)27/h16-22,24,27-28H,5-15H2,1-4H3/t16-,17?,18?,19-,20-,21+,22-,24?,25-,26+/m0/s1. The highest BCUT2D eigenvalue weighted by atomic mass is 16.5. The van der Waals surface area contributed by atoms with Gasteiger partial charge in [0.25, 0.3) is 0 Å². The summed E-state index contributed by atoms with van der Waals surface area (Å²) in [7, 11) is 0. The molecule has 0 aliphatic heterocycles. The third-order valence-corrected chi connectivity index (χ3v) is 10.6. The van der Waals surface area contributed by atoms with Crippen molar-refractivity contribution in [3.05, 3.63) is 0 Å². The molecule has 2 N–H and O–H groups in total. The molecule has 4 rings (SSSR count). The summed E-state index contributed by atoms with van der Waals surface area (Å²) in [5, 5.41) is 22.9. The van der Waals surface area contributed by atoms with Gasteiger partial charge in [0.2, 0.25) is 0 Å². The zero-order valence-corrected chi connectivity index (χ0v) is 19.6. The number of esters is 1. The van der Waals surface area contributed by atoms with Crippen LogP contribution in [0.5, 0.6) is 0 Å². The van der Waals surface area contributed by atoms with Crippen molar-refractivity contribution in [3.63, 3.8) is 0 Å². The van der Waals surface area contributed by atoms with E-state index in [1.54, 1.807) is 0 Å². The Kier molecular flexibility index (Phi) is 6.31. The Hall–Kier alpha value is -0.610. The first kappa shape index (κ1) is 22.6. The lowest BCUT2D eigenvalue weighted by Crippen LogP contribution is -2.61. The number of ether oxygens (including phenoxy) is 1. The lowest BCUT2D eigenvalue weighted by molar-refractivity contribution is -0.201. The first-order chi connectivity index (χ1) is 14.2. The number of carbonyl (C=O) groups excluding carboxylic acids is 1. The smallest absolute Gasteiger partial charge is 0.305 e. The van der Waals surface area contributed by atoms with Crippen LogP contribution in [0.25, 0.3) is 0 Å². The number of fused-ring (bicyclic) bond motifs is 5. The van der Waals surface area contributed by atoms with E-state index in [0.29, 0.717) is 48.5 Å². The maximum Gasteiger partial charge on any atom is 0.305 e. The van der Waals surface area contributed by atoms with Gasteiger partial charge in [-0.15, -0.1) is 0 Å². The Bertz CT molecular complexity index is 635. The summed E-state index contributed by atoms with van der Waals surface area (Å²) >= 11 is 0. The molecule has 4 aliphatic rings. The lowest BCUT2D eigenvalue weighted by Gasteiger charge is -2.63. The molecule has 0 spiro atoms. The van der Waals surface area contributed by atoms with Crippen molar-refractivity contribution in [1.29, 1.82) is 0 Å². The first-order valence-corrected chi connectivity index (χ1v) is 12.7. The number of aliphatic hydroxyl groups is 2. The molecule has 4 aliphatic carbocycles. The Morgan fingerprint density at radius 1 is 1.10 bits per heavy atom. The zero-order valence-electron chi connectivity index (χ0n) is 19.6. The van der Waals surface area contributed by atoms with Crippen LogP contribution in [0.4, 0.5) is 0 Å². The fourth-order valence-corrected chi connectivity index (χ4v) is 8.97. The van der Waals surface area contributed by atoms with Crippen LogP contribution in [0.3, 0.4) is 0 Å². The average molecular weight is 421 g/mol. The van der Waals surface area contributed by atoms with Gasteiger partial charge >= 0.3 is 5.97 Å². The highest BCUT2D eigenvalue weighted by Crippen LogP contribution is 2.68. The molecule has 172 valence electrons. The van der Waals surface area contributed by atoms with E-state index in [-0.39, 0.29) is 29.0 Å². The predicted octanol–water partition coefficient (Wildman–Crippen LogP) is 4.96. The maximum absolute atomic E-state index is 11.9. The molecule has 0 amide bonds. The Labute approximate surface area is 183 Å².